The zero-order valence-electron chi connectivity index (χ0n) is 16.0. The number of para-hydroxylation sites is 1. The number of benzene rings is 2. The number of nitrogens with two attached hydrogens (primary N) is 1. The Kier molecular flexibility index (Phi) is 4.85. The Hall–Kier alpha value is -3.54. The lowest BCUT2D eigenvalue weighted by Gasteiger charge is -2.10. The summed E-state index contributed by atoms with van der Waals surface area (Å²) in [6.07, 6.45) is 3.25. The molecule has 0 unspecified atom stereocenters. The molecule has 0 aliphatic carbocycles. The summed E-state index contributed by atoms with van der Waals surface area (Å²) in [4.78, 5) is 10.5. The van der Waals surface area contributed by atoms with Crippen LogP contribution in [0.15, 0.2) is 60.8 Å². The molecule has 0 spiro atoms. The van der Waals surface area contributed by atoms with Gasteiger partial charge in [-0.1, -0.05) is 36.4 Å². The Bertz CT molecular complexity index is 1100. The Labute approximate surface area is 164 Å². The van der Waals surface area contributed by atoms with Gasteiger partial charge in [0.1, 0.15) is 0 Å². The second kappa shape index (κ2) is 7.60. The van der Waals surface area contributed by atoms with Gasteiger partial charge < -0.3 is 5.73 Å². The highest BCUT2D eigenvalue weighted by atomic mass is 15.5. The van der Waals surface area contributed by atoms with E-state index in [4.69, 9.17) is 5.73 Å². The molecule has 2 aromatic carbocycles. The predicted molar refractivity (Wildman–Crippen MR) is 110 cm³/mol. The van der Waals surface area contributed by atoms with Crippen LogP contribution in [0.25, 0.3) is 16.9 Å². The van der Waals surface area contributed by atoms with Crippen LogP contribution in [0.2, 0.25) is 0 Å². The number of anilines is 1. The summed E-state index contributed by atoms with van der Waals surface area (Å²) < 4.78 is 0. The van der Waals surface area contributed by atoms with E-state index in [0.717, 1.165) is 41.2 Å². The lowest BCUT2D eigenvalue weighted by Crippen LogP contribution is -2.04. The fourth-order valence-corrected chi connectivity index (χ4v) is 3.16. The van der Waals surface area contributed by atoms with Crippen molar-refractivity contribution in [3.8, 4) is 16.9 Å². The topological polar surface area (TPSA) is 82.5 Å². The molecule has 0 saturated carbocycles. The fraction of sp³-hybridized carbons (Fsp3) is 0.182. The predicted octanol–water partition coefficient (Wildman–Crippen LogP) is 3.71. The van der Waals surface area contributed by atoms with Crippen molar-refractivity contribution >= 4 is 5.95 Å². The molecule has 4 rings (SSSR count). The first kappa shape index (κ1) is 17.9. The molecule has 6 nitrogen and oxygen atoms in total. The molecule has 0 bridgehead atoms. The van der Waals surface area contributed by atoms with Gasteiger partial charge in [0.25, 0.3) is 0 Å². The molecule has 0 aliphatic rings. The van der Waals surface area contributed by atoms with Gasteiger partial charge in [-0.15, -0.1) is 0 Å². The zero-order chi connectivity index (χ0) is 19.5. The lowest BCUT2D eigenvalue weighted by atomic mass is 10.00. The molecule has 0 fully saturated rings. The highest BCUT2D eigenvalue weighted by Gasteiger charge is 2.10. The Morgan fingerprint density at radius 1 is 0.893 bits per heavy atom. The first-order valence-electron chi connectivity index (χ1n) is 9.27. The SMILES string of the molecule is Cc1cccc(-c2cc(CCc3cnn(-c4ccccc4)n3)nc(N)n2)c1C. The van der Waals surface area contributed by atoms with E-state index in [1.165, 1.54) is 11.1 Å². The second-order valence-corrected chi connectivity index (χ2v) is 6.81. The standard InChI is InChI=1S/C22H22N6/c1-15-7-6-10-20(16(15)2)21-13-17(25-22(23)26-21)11-12-18-14-24-28(27-18)19-8-4-3-5-9-19/h3-10,13-14H,11-12H2,1-2H3,(H2,23,25,26). The van der Waals surface area contributed by atoms with Gasteiger partial charge in [-0.3, -0.25) is 0 Å². The summed E-state index contributed by atoms with van der Waals surface area (Å²) in [5.41, 5.74) is 13.1. The normalized spacial score (nSPS) is 10.9. The molecule has 2 aromatic heterocycles. The molecule has 2 N–H and O–H groups in total. The summed E-state index contributed by atoms with van der Waals surface area (Å²) in [5, 5.41) is 8.91. The number of hydrogen-bond acceptors (Lipinski definition) is 5. The maximum atomic E-state index is 5.98. The summed E-state index contributed by atoms with van der Waals surface area (Å²) in [6.45, 7) is 4.20. The Morgan fingerprint density at radius 3 is 2.50 bits per heavy atom. The Morgan fingerprint density at radius 2 is 1.68 bits per heavy atom. The largest absolute Gasteiger partial charge is 0.368 e. The zero-order valence-corrected chi connectivity index (χ0v) is 16.0. The number of rotatable bonds is 5. The van der Waals surface area contributed by atoms with Crippen molar-refractivity contribution in [2.45, 2.75) is 26.7 Å². The van der Waals surface area contributed by atoms with Crippen LogP contribution in [0.1, 0.15) is 22.5 Å². The highest BCUT2D eigenvalue weighted by Crippen LogP contribution is 2.25. The van der Waals surface area contributed by atoms with Crippen molar-refractivity contribution in [2.24, 2.45) is 0 Å². The molecule has 0 saturated heterocycles. The number of nitrogens with zero attached hydrogens (tertiary/aromatic N) is 5. The maximum absolute atomic E-state index is 5.98. The monoisotopic (exact) mass is 370 g/mol. The minimum atomic E-state index is 0.293. The van der Waals surface area contributed by atoms with Gasteiger partial charge in [-0.25, -0.2) is 9.97 Å². The van der Waals surface area contributed by atoms with Crippen molar-refractivity contribution in [1.29, 1.82) is 0 Å². The highest BCUT2D eigenvalue weighted by molar-refractivity contribution is 5.66. The number of nitrogen functional groups attached to an aromatic ring is 1. The minimum Gasteiger partial charge on any atom is -0.368 e. The van der Waals surface area contributed by atoms with Crippen molar-refractivity contribution in [3.63, 3.8) is 0 Å². The fourth-order valence-electron chi connectivity index (χ4n) is 3.16. The van der Waals surface area contributed by atoms with Crippen molar-refractivity contribution in [2.75, 3.05) is 5.73 Å². The van der Waals surface area contributed by atoms with Crippen LogP contribution in [-0.2, 0) is 12.8 Å². The van der Waals surface area contributed by atoms with Gasteiger partial charge in [-0.2, -0.15) is 15.0 Å². The first-order chi connectivity index (χ1) is 13.6. The number of aryl methyl sites for hydroxylation is 3. The molecule has 0 atom stereocenters. The summed E-state index contributed by atoms with van der Waals surface area (Å²) >= 11 is 0. The summed E-state index contributed by atoms with van der Waals surface area (Å²) in [5.74, 6) is 0.293. The van der Waals surface area contributed by atoms with Gasteiger partial charge >= 0.3 is 0 Å². The third-order valence-corrected chi connectivity index (χ3v) is 4.84. The third-order valence-electron chi connectivity index (χ3n) is 4.84. The van der Waals surface area contributed by atoms with Gasteiger partial charge in [0, 0.05) is 11.3 Å². The molecule has 0 radical (unpaired) electrons. The van der Waals surface area contributed by atoms with Crippen molar-refractivity contribution in [3.05, 3.63) is 83.3 Å². The van der Waals surface area contributed by atoms with Crippen LogP contribution in [0, 0.1) is 13.8 Å². The van der Waals surface area contributed by atoms with Gasteiger partial charge in [-0.05, 0) is 56.0 Å². The number of aromatic nitrogens is 5. The van der Waals surface area contributed by atoms with Crippen molar-refractivity contribution in [1.82, 2.24) is 25.0 Å². The maximum Gasteiger partial charge on any atom is 0.220 e. The summed E-state index contributed by atoms with van der Waals surface area (Å²) in [7, 11) is 0. The second-order valence-electron chi connectivity index (χ2n) is 6.81. The molecule has 140 valence electrons. The molecule has 4 aromatic rings. The molecular weight excluding hydrogens is 348 g/mol. The molecule has 0 aliphatic heterocycles. The van der Waals surface area contributed by atoms with Crippen LogP contribution in [-0.4, -0.2) is 25.0 Å². The molecule has 0 amide bonds. The van der Waals surface area contributed by atoms with Crippen molar-refractivity contribution < 1.29 is 0 Å². The molecular formula is C22H22N6. The van der Waals surface area contributed by atoms with E-state index in [0.29, 0.717) is 5.95 Å². The van der Waals surface area contributed by atoms with Gasteiger partial charge in [0.2, 0.25) is 5.95 Å². The minimum absolute atomic E-state index is 0.293. The van der Waals surface area contributed by atoms with Gasteiger partial charge in [0.15, 0.2) is 0 Å². The lowest BCUT2D eigenvalue weighted by molar-refractivity contribution is 0.732. The van der Waals surface area contributed by atoms with E-state index in [1.807, 2.05) is 42.5 Å². The number of hydrogen-bond donors (Lipinski definition) is 1. The van der Waals surface area contributed by atoms with Crippen LogP contribution < -0.4 is 5.73 Å². The van der Waals surface area contributed by atoms with Gasteiger partial charge in [0.05, 0.1) is 23.3 Å². The van der Waals surface area contributed by atoms with E-state index < -0.39 is 0 Å². The van der Waals surface area contributed by atoms with Crippen LogP contribution in [0.4, 0.5) is 5.95 Å². The average molecular weight is 370 g/mol. The molecule has 28 heavy (non-hydrogen) atoms. The van der Waals surface area contributed by atoms with E-state index >= 15 is 0 Å². The molecule has 6 heteroatoms. The van der Waals surface area contributed by atoms with E-state index in [9.17, 15) is 0 Å². The smallest absolute Gasteiger partial charge is 0.220 e. The summed E-state index contributed by atoms with van der Waals surface area (Å²) in [6, 6.07) is 18.1. The van der Waals surface area contributed by atoms with Crippen LogP contribution in [0.5, 0.6) is 0 Å². The van der Waals surface area contributed by atoms with E-state index in [-0.39, 0.29) is 0 Å². The average Bonchev–Trinajstić information content (AvgIpc) is 3.18. The Balaban J connectivity index is 1.54. The first-order valence-corrected chi connectivity index (χ1v) is 9.27. The third kappa shape index (κ3) is 3.76. The van der Waals surface area contributed by atoms with Crippen LogP contribution in [0.3, 0.4) is 0 Å². The molecule has 2 heterocycles. The van der Waals surface area contributed by atoms with E-state index in [2.05, 4.69) is 46.1 Å². The van der Waals surface area contributed by atoms with Crippen LogP contribution >= 0.6 is 0 Å². The van der Waals surface area contributed by atoms with E-state index in [1.54, 1.807) is 11.0 Å². The quantitative estimate of drug-likeness (QED) is 0.579.